The van der Waals surface area contributed by atoms with Crippen molar-refractivity contribution >= 4 is 34.4 Å². The number of para-hydroxylation sites is 1. The van der Waals surface area contributed by atoms with Crippen LogP contribution in [0.4, 0.5) is 5.69 Å². The van der Waals surface area contributed by atoms with Gasteiger partial charge >= 0.3 is 0 Å². The number of likely N-dealkylation sites (tertiary alicyclic amines) is 1. The molecule has 6 heteroatoms. The van der Waals surface area contributed by atoms with Gasteiger partial charge in [-0.25, -0.2) is 0 Å². The summed E-state index contributed by atoms with van der Waals surface area (Å²) in [4.78, 5) is 19.5. The molecule has 1 fully saturated rings. The fourth-order valence-corrected chi connectivity index (χ4v) is 3.83. The van der Waals surface area contributed by atoms with Gasteiger partial charge in [0.2, 0.25) is 0 Å². The number of nitrogens with zero attached hydrogens (tertiary/aromatic N) is 2. The van der Waals surface area contributed by atoms with Gasteiger partial charge in [0, 0.05) is 22.8 Å². The second kappa shape index (κ2) is 6.63. The lowest BCUT2D eigenvalue weighted by Gasteiger charge is -2.44. The summed E-state index contributed by atoms with van der Waals surface area (Å²) in [7, 11) is 0. The van der Waals surface area contributed by atoms with Crippen molar-refractivity contribution < 1.29 is 9.90 Å². The second-order valence-corrected chi connectivity index (χ2v) is 7.62. The molecule has 5 nitrogen and oxygen atoms in total. The smallest absolute Gasteiger partial charge is 0.254 e. The van der Waals surface area contributed by atoms with E-state index in [1.54, 1.807) is 30.2 Å². The molecule has 0 spiro atoms. The molecule has 1 aliphatic rings. The van der Waals surface area contributed by atoms with Crippen LogP contribution in [-0.4, -0.2) is 39.6 Å². The average Bonchev–Trinajstić information content (AvgIpc) is 2.64. The van der Waals surface area contributed by atoms with E-state index in [1.807, 2.05) is 42.5 Å². The Labute approximate surface area is 156 Å². The summed E-state index contributed by atoms with van der Waals surface area (Å²) in [5.74, 6) is -0.0472. The third-order valence-corrected chi connectivity index (χ3v) is 5.24. The zero-order valence-electron chi connectivity index (χ0n) is 14.3. The Kier molecular flexibility index (Phi) is 4.30. The number of β-amino-alcohol motifs (C(OH)–C–C–N with tert-alkyl or cyclic N) is 1. The van der Waals surface area contributed by atoms with E-state index in [-0.39, 0.29) is 5.91 Å². The van der Waals surface area contributed by atoms with Crippen molar-refractivity contribution in [3.05, 3.63) is 66.4 Å². The number of nitrogens with one attached hydrogen (secondary N) is 1. The number of anilines is 1. The van der Waals surface area contributed by atoms with Crippen molar-refractivity contribution in [2.75, 3.05) is 17.8 Å². The van der Waals surface area contributed by atoms with Gasteiger partial charge in [0.25, 0.3) is 5.91 Å². The molecule has 0 aliphatic carbocycles. The van der Waals surface area contributed by atoms with Crippen LogP contribution in [0.3, 0.4) is 0 Å². The number of aliphatic hydroxyl groups is 1. The molecule has 132 valence electrons. The highest BCUT2D eigenvalue weighted by molar-refractivity contribution is 8.00. The molecule has 4 rings (SSSR count). The van der Waals surface area contributed by atoms with Crippen molar-refractivity contribution in [1.29, 1.82) is 0 Å². The summed E-state index contributed by atoms with van der Waals surface area (Å²) in [6.07, 6.45) is 1.79. The predicted molar refractivity (Wildman–Crippen MR) is 104 cm³/mol. The second-order valence-electron chi connectivity index (χ2n) is 6.77. The van der Waals surface area contributed by atoms with Crippen LogP contribution >= 0.6 is 11.9 Å². The molecule has 0 saturated carbocycles. The minimum atomic E-state index is -0.750. The van der Waals surface area contributed by atoms with Crippen molar-refractivity contribution in [2.45, 2.75) is 17.4 Å². The third-order valence-electron chi connectivity index (χ3n) is 4.36. The summed E-state index contributed by atoms with van der Waals surface area (Å²) in [6, 6.07) is 17.4. The van der Waals surface area contributed by atoms with E-state index in [9.17, 15) is 9.90 Å². The van der Waals surface area contributed by atoms with Crippen molar-refractivity contribution in [2.24, 2.45) is 0 Å². The lowest BCUT2D eigenvalue weighted by Crippen LogP contribution is -2.61. The lowest BCUT2D eigenvalue weighted by molar-refractivity contribution is -0.0668. The van der Waals surface area contributed by atoms with Crippen LogP contribution in [0, 0.1) is 0 Å². The molecule has 2 N–H and O–H groups in total. The van der Waals surface area contributed by atoms with Gasteiger partial charge in [-0.1, -0.05) is 18.2 Å². The standard InChI is InChI=1S/C20H19N3O2S/c1-20(25)12-23(13-20)19(24)15-7-9-16(10-8-15)22-26-17-6-2-4-14-5-3-11-21-18(14)17/h2-11,22,25H,12-13H2,1H3. The highest BCUT2D eigenvalue weighted by Gasteiger charge is 2.39. The van der Waals surface area contributed by atoms with Gasteiger partial charge in [-0.15, -0.1) is 0 Å². The average molecular weight is 365 g/mol. The van der Waals surface area contributed by atoms with E-state index < -0.39 is 5.60 Å². The number of carbonyl (C=O) groups is 1. The number of rotatable bonds is 4. The molecule has 0 bridgehead atoms. The van der Waals surface area contributed by atoms with Gasteiger partial charge in [0.15, 0.2) is 0 Å². The molecular formula is C20H19N3O2S. The van der Waals surface area contributed by atoms with E-state index in [0.29, 0.717) is 18.7 Å². The third kappa shape index (κ3) is 3.38. The molecule has 2 aromatic carbocycles. The quantitative estimate of drug-likeness (QED) is 0.692. The zero-order valence-corrected chi connectivity index (χ0v) is 15.2. The molecular weight excluding hydrogens is 346 g/mol. The first-order chi connectivity index (χ1) is 12.5. The fraction of sp³-hybridized carbons (Fsp3) is 0.200. The summed E-state index contributed by atoms with van der Waals surface area (Å²) >= 11 is 1.50. The van der Waals surface area contributed by atoms with E-state index in [0.717, 1.165) is 21.5 Å². The normalized spacial score (nSPS) is 15.5. The van der Waals surface area contributed by atoms with E-state index in [4.69, 9.17) is 0 Å². The first-order valence-electron chi connectivity index (χ1n) is 8.40. The molecule has 1 amide bonds. The van der Waals surface area contributed by atoms with Gasteiger partial charge < -0.3 is 14.7 Å². The topological polar surface area (TPSA) is 65.5 Å². The molecule has 2 heterocycles. The van der Waals surface area contributed by atoms with Gasteiger partial charge in [-0.05, 0) is 55.3 Å². The van der Waals surface area contributed by atoms with Gasteiger partial charge in [0.1, 0.15) is 0 Å². The first kappa shape index (κ1) is 16.9. The minimum absolute atomic E-state index is 0.0472. The molecule has 1 aliphatic heterocycles. The van der Waals surface area contributed by atoms with Gasteiger partial charge in [0.05, 0.1) is 29.1 Å². The number of benzene rings is 2. The van der Waals surface area contributed by atoms with Crippen LogP contribution in [-0.2, 0) is 0 Å². The van der Waals surface area contributed by atoms with E-state index in [1.165, 1.54) is 11.9 Å². The Morgan fingerprint density at radius 3 is 2.62 bits per heavy atom. The fourth-order valence-electron chi connectivity index (χ4n) is 3.06. The largest absolute Gasteiger partial charge is 0.386 e. The number of pyridine rings is 1. The van der Waals surface area contributed by atoms with Crippen LogP contribution in [0.25, 0.3) is 10.9 Å². The highest BCUT2D eigenvalue weighted by Crippen LogP contribution is 2.28. The monoisotopic (exact) mass is 365 g/mol. The maximum absolute atomic E-state index is 12.3. The maximum Gasteiger partial charge on any atom is 0.254 e. The molecule has 3 aromatic rings. The van der Waals surface area contributed by atoms with Crippen LogP contribution < -0.4 is 4.72 Å². The minimum Gasteiger partial charge on any atom is -0.386 e. The first-order valence-corrected chi connectivity index (χ1v) is 9.22. The molecule has 0 atom stereocenters. The zero-order chi connectivity index (χ0) is 18.1. The SMILES string of the molecule is CC1(O)CN(C(=O)c2ccc(NSc3cccc4cccnc34)cc2)C1. The molecule has 1 saturated heterocycles. The number of fused-ring (bicyclic) bond motifs is 1. The predicted octanol–water partition coefficient (Wildman–Crippen LogP) is 3.56. The summed E-state index contributed by atoms with van der Waals surface area (Å²) in [5.41, 5.74) is 1.75. The number of amides is 1. The summed E-state index contributed by atoms with van der Waals surface area (Å²) < 4.78 is 3.30. The number of aromatic nitrogens is 1. The Morgan fingerprint density at radius 1 is 1.15 bits per heavy atom. The summed E-state index contributed by atoms with van der Waals surface area (Å²) in [5, 5.41) is 10.9. The van der Waals surface area contributed by atoms with Crippen LogP contribution in [0.2, 0.25) is 0 Å². The van der Waals surface area contributed by atoms with Crippen LogP contribution in [0.5, 0.6) is 0 Å². The lowest BCUT2D eigenvalue weighted by atomic mass is 9.96. The molecule has 0 radical (unpaired) electrons. The number of carbonyl (C=O) groups excluding carboxylic acids is 1. The summed E-state index contributed by atoms with van der Waals surface area (Å²) in [6.45, 7) is 2.51. The number of hydrogen-bond donors (Lipinski definition) is 2. The van der Waals surface area contributed by atoms with Crippen molar-refractivity contribution in [1.82, 2.24) is 9.88 Å². The Hall–Kier alpha value is -2.57. The Balaban J connectivity index is 1.42. The van der Waals surface area contributed by atoms with Gasteiger partial charge in [-0.3, -0.25) is 9.78 Å². The van der Waals surface area contributed by atoms with Gasteiger partial charge in [-0.2, -0.15) is 0 Å². The molecule has 26 heavy (non-hydrogen) atoms. The maximum atomic E-state index is 12.3. The van der Waals surface area contributed by atoms with Crippen molar-refractivity contribution in [3.63, 3.8) is 0 Å². The highest BCUT2D eigenvalue weighted by atomic mass is 32.2. The van der Waals surface area contributed by atoms with E-state index in [2.05, 4.69) is 9.71 Å². The van der Waals surface area contributed by atoms with E-state index >= 15 is 0 Å². The van der Waals surface area contributed by atoms with Crippen LogP contribution in [0.15, 0.2) is 65.7 Å². The van der Waals surface area contributed by atoms with Crippen molar-refractivity contribution in [3.8, 4) is 0 Å². The Bertz CT molecular complexity index is 943. The molecule has 1 aromatic heterocycles. The number of hydrogen-bond acceptors (Lipinski definition) is 5. The Morgan fingerprint density at radius 2 is 1.88 bits per heavy atom. The molecule has 0 unspecified atom stereocenters. The van der Waals surface area contributed by atoms with Crippen LogP contribution in [0.1, 0.15) is 17.3 Å².